The zero-order valence-corrected chi connectivity index (χ0v) is 9.53. The number of carbonyl (C=O) groups is 1. The molecule has 4 heteroatoms. The molecule has 1 rings (SSSR count). The Morgan fingerprint density at radius 3 is 2.81 bits per heavy atom. The maximum atomic E-state index is 13.5. The van der Waals surface area contributed by atoms with E-state index in [0.717, 1.165) is 12.0 Å². The number of pyridine rings is 1. The zero-order valence-electron chi connectivity index (χ0n) is 9.53. The second-order valence-electron chi connectivity index (χ2n) is 3.90. The molecule has 0 aliphatic heterocycles. The van der Waals surface area contributed by atoms with Gasteiger partial charge >= 0.3 is 5.97 Å². The van der Waals surface area contributed by atoms with Crippen molar-refractivity contribution in [1.29, 1.82) is 0 Å². The highest BCUT2D eigenvalue weighted by atomic mass is 19.1. The minimum Gasteiger partial charge on any atom is -0.481 e. The van der Waals surface area contributed by atoms with E-state index in [2.05, 4.69) is 4.98 Å². The maximum absolute atomic E-state index is 13.5. The number of carboxylic acid groups (broad SMARTS) is 1. The lowest BCUT2D eigenvalue weighted by Gasteiger charge is -2.09. The van der Waals surface area contributed by atoms with Crippen molar-refractivity contribution in [3.63, 3.8) is 0 Å². The fourth-order valence-electron chi connectivity index (χ4n) is 1.40. The van der Waals surface area contributed by atoms with Crippen LogP contribution in [0.5, 0.6) is 0 Å². The van der Waals surface area contributed by atoms with E-state index >= 15 is 0 Å². The highest BCUT2D eigenvalue weighted by molar-refractivity contribution is 5.66. The lowest BCUT2D eigenvalue weighted by molar-refractivity contribution is -0.136. The molecule has 0 bridgehead atoms. The molecule has 0 amide bonds. The van der Waals surface area contributed by atoms with Gasteiger partial charge in [0.05, 0.1) is 12.1 Å². The molecular formula is C12H16FNO2. The van der Waals surface area contributed by atoms with Gasteiger partial charge in [-0.05, 0) is 24.0 Å². The molecule has 1 heterocycles. The summed E-state index contributed by atoms with van der Waals surface area (Å²) in [6.07, 6.45) is 2.61. The average Bonchev–Trinajstić information content (AvgIpc) is 2.26. The summed E-state index contributed by atoms with van der Waals surface area (Å²) < 4.78 is 13.5. The third-order valence-corrected chi connectivity index (χ3v) is 2.70. The number of aryl methyl sites for hydroxylation is 1. The van der Waals surface area contributed by atoms with Crippen molar-refractivity contribution in [2.45, 2.75) is 39.0 Å². The van der Waals surface area contributed by atoms with Crippen LogP contribution in [-0.2, 0) is 11.2 Å². The Morgan fingerprint density at radius 2 is 2.31 bits per heavy atom. The molecule has 0 saturated heterocycles. The molecule has 0 spiro atoms. The van der Waals surface area contributed by atoms with Crippen LogP contribution in [0.25, 0.3) is 0 Å². The highest BCUT2D eigenvalue weighted by Gasteiger charge is 2.10. The molecule has 0 aromatic carbocycles. The highest BCUT2D eigenvalue weighted by Crippen LogP contribution is 2.19. The van der Waals surface area contributed by atoms with E-state index in [1.807, 2.05) is 13.8 Å². The number of hydrogen-bond donors (Lipinski definition) is 1. The first-order valence-electron chi connectivity index (χ1n) is 5.40. The van der Waals surface area contributed by atoms with Gasteiger partial charge in [0.25, 0.3) is 0 Å². The minimum absolute atomic E-state index is 0.0907. The van der Waals surface area contributed by atoms with E-state index in [0.29, 0.717) is 0 Å². The lowest BCUT2D eigenvalue weighted by atomic mass is 10.00. The first-order valence-corrected chi connectivity index (χ1v) is 5.40. The molecule has 0 fully saturated rings. The topological polar surface area (TPSA) is 50.2 Å². The molecule has 0 aliphatic carbocycles. The van der Waals surface area contributed by atoms with Crippen LogP contribution < -0.4 is 0 Å². The van der Waals surface area contributed by atoms with Gasteiger partial charge in [-0.2, -0.15) is 0 Å². The summed E-state index contributed by atoms with van der Waals surface area (Å²) in [5.41, 5.74) is 1.09. The SMILES string of the molecule is CCC(C)c1cnc(CCC(=O)O)c(F)c1. The van der Waals surface area contributed by atoms with Crippen molar-refractivity contribution >= 4 is 5.97 Å². The van der Waals surface area contributed by atoms with Gasteiger partial charge in [0.2, 0.25) is 0 Å². The Bertz CT molecular complexity index is 379. The van der Waals surface area contributed by atoms with Crippen molar-refractivity contribution in [1.82, 2.24) is 4.98 Å². The van der Waals surface area contributed by atoms with Gasteiger partial charge in [0.15, 0.2) is 0 Å². The van der Waals surface area contributed by atoms with Gasteiger partial charge in [-0.1, -0.05) is 13.8 Å². The molecule has 16 heavy (non-hydrogen) atoms. The normalized spacial score (nSPS) is 12.4. The molecule has 0 radical (unpaired) electrons. The van der Waals surface area contributed by atoms with Crippen LogP contribution in [0, 0.1) is 5.82 Å². The predicted molar refractivity (Wildman–Crippen MR) is 58.9 cm³/mol. The van der Waals surface area contributed by atoms with Crippen molar-refractivity contribution in [2.24, 2.45) is 0 Å². The fourth-order valence-corrected chi connectivity index (χ4v) is 1.40. The Kier molecular flexibility index (Phi) is 4.40. The molecule has 3 nitrogen and oxygen atoms in total. The van der Waals surface area contributed by atoms with Crippen LogP contribution in [0.4, 0.5) is 4.39 Å². The van der Waals surface area contributed by atoms with Gasteiger partial charge in [0.1, 0.15) is 5.82 Å². The first kappa shape index (κ1) is 12.6. The number of aliphatic carboxylic acids is 1. The number of nitrogens with zero attached hydrogens (tertiary/aromatic N) is 1. The van der Waals surface area contributed by atoms with Crippen LogP contribution in [0.15, 0.2) is 12.3 Å². The summed E-state index contributed by atoms with van der Waals surface area (Å²) in [5.74, 6) is -1.07. The third kappa shape index (κ3) is 3.29. The molecular weight excluding hydrogens is 209 g/mol. The molecule has 1 atom stereocenters. The number of halogens is 1. The Labute approximate surface area is 94.3 Å². The van der Waals surface area contributed by atoms with Gasteiger partial charge in [-0.15, -0.1) is 0 Å². The summed E-state index contributed by atoms with van der Waals surface area (Å²) in [6, 6.07) is 1.46. The van der Waals surface area contributed by atoms with Gasteiger partial charge < -0.3 is 5.11 Å². The molecule has 0 saturated carbocycles. The first-order chi connectivity index (χ1) is 7.54. The lowest BCUT2D eigenvalue weighted by Crippen LogP contribution is -2.03. The third-order valence-electron chi connectivity index (χ3n) is 2.70. The van der Waals surface area contributed by atoms with Crippen LogP contribution >= 0.6 is 0 Å². The summed E-state index contributed by atoms with van der Waals surface area (Å²) in [7, 11) is 0. The number of rotatable bonds is 5. The Morgan fingerprint density at radius 1 is 1.62 bits per heavy atom. The van der Waals surface area contributed by atoms with E-state index in [-0.39, 0.29) is 24.5 Å². The van der Waals surface area contributed by atoms with Crippen molar-refractivity contribution in [3.8, 4) is 0 Å². The molecule has 1 aromatic rings. The smallest absolute Gasteiger partial charge is 0.303 e. The van der Waals surface area contributed by atoms with Crippen molar-refractivity contribution < 1.29 is 14.3 Å². The minimum atomic E-state index is -0.938. The quantitative estimate of drug-likeness (QED) is 0.838. The van der Waals surface area contributed by atoms with Crippen molar-refractivity contribution in [3.05, 3.63) is 29.3 Å². The van der Waals surface area contributed by atoms with Crippen LogP contribution in [0.3, 0.4) is 0 Å². The largest absolute Gasteiger partial charge is 0.481 e. The standard InChI is InChI=1S/C12H16FNO2/c1-3-8(2)9-6-10(13)11(14-7-9)4-5-12(15)16/h6-8H,3-5H2,1-2H3,(H,15,16). The van der Waals surface area contributed by atoms with Crippen LogP contribution in [-0.4, -0.2) is 16.1 Å². The fraction of sp³-hybridized carbons (Fsp3) is 0.500. The van der Waals surface area contributed by atoms with E-state index in [4.69, 9.17) is 5.11 Å². The Hall–Kier alpha value is -1.45. The number of hydrogen-bond acceptors (Lipinski definition) is 2. The second kappa shape index (κ2) is 5.58. The number of aromatic nitrogens is 1. The summed E-state index contributed by atoms with van der Waals surface area (Å²) in [4.78, 5) is 14.3. The molecule has 88 valence electrons. The van der Waals surface area contributed by atoms with Gasteiger partial charge in [-0.3, -0.25) is 9.78 Å². The molecule has 1 N–H and O–H groups in total. The van der Waals surface area contributed by atoms with Crippen molar-refractivity contribution in [2.75, 3.05) is 0 Å². The molecule has 1 unspecified atom stereocenters. The van der Waals surface area contributed by atoms with E-state index in [9.17, 15) is 9.18 Å². The van der Waals surface area contributed by atoms with Crippen LogP contribution in [0.1, 0.15) is 43.9 Å². The Balaban J connectivity index is 2.79. The number of carboxylic acids is 1. The van der Waals surface area contributed by atoms with Gasteiger partial charge in [0, 0.05) is 12.6 Å². The van der Waals surface area contributed by atoms with E-state index in [1.54, 1.807) is 6.20 Å². The van der Waals surface area contributed by atoms with E-state index in [1.165, 1.54) is 6.07 Å². The van der Waals surface area contributed by atoms with Gasteiger partial charge in [-0.25, -0.2) is 4.39 Å². The monoisotopic (exact) mass is 225 g/mol. The molecule has 1 aromatic heterocycles. The summed E-state index contributed by atoms with van der Waals surface area (Å²) in [6.45, 7) is 4.04. The average molecular weight is 225 g/mol. The van der Waals surface area contributed by atoms with Crippen LogP contribution in [0.2, 0.25) is 0 Å². The maximum Gasteiger partial charge on any atom is 0.303 e. The predicted octanol–water partition coefficient (Wildman–Crippen LogP) is 2.75. The summed E-state index contributed by atoms with van der Waals surface area (Å²) in [5, 5.41) is 8.50. The second-order valence-corrected chi connectivity index (χ2v) is 3.90. The molecule has 0 aliphatic rings. The zero-order chi connectivity index (χ0) is 12.1. The summed E-state index contributed by atoms with van der Waals surface area (Å²) >= 11 is 0. The van der Waals surface area contributed by atoms with E-state index < -0.39 is 11.8 Å².